The predicted octanol–water partition coefficient (Wildman–Crippen LogP) is 3.27. The van der Waals surface area contributed by atoms with E-state index in [-0.39, 0.29) is 6.04 Å². The maximum Gasteiger partial charge on any atom is 0.0519 e. The molecule has 18 heavy (non-hydrogen) atoms. The van der Waals surface area contributed by atoms with Gasteiger partial charge in [-0.3, -0.25) is 0 Å². The van der Waals surface area contributed by atoms with Crippen molar-refractivity contribution in [1.29, 1.82) is 0 Å². The number of hydrogen-bond donors (Lipinski definition) is 1. The minimum Gasteiger partial charge on any atom is -0.369 e. The molecule has 0 aliphatic rings. The minimum atomic E-state index is 0.196. The molecule has 0 spiro atoms. The molecule has 96 valence electrons. The van der Waals surface area contributed by atoms with E-state index in [0.29, 0.717) is 0 Å². The topological polar surface area (TPSA) is 29.3 Å². The molecule has 0 radical (unpaired) electrons. The van der Waals surface area contributed by atoms with Crippen molar-refractivity contribution in [3.8, 4) is 0 Å². The first kappa shape index (κ1) is 13.1. The lowest BCUT2D eigenvalue weighted by molar-refractivity contribution is 0.734. The van der Waals surface area contributed by atoms with Crippen LogP contribution in [-0.4, -0.2) is 13.1 Å². The molecule has 0 saturated heterocycles. The summed E-state index contributed by atoms with van der Waals surface area (Å²) in [4.78, 5) is 3.68. The van der Waals surface area contributed by atoms with Gasteiger partial charge in [-0.2, -0.15) is 0 Å². The first-order valence-corrected chi connectivity index (χ1v) is 7.12. The van der Waals surface area contributed by atoms with E-state index in [1.165, 1.54) is 16.1 Å². The molecular weight excluding hydrogens is 240 g/mol. The van der Waals surface area contributed by atoms with Gasteiger partial charge >= 0.3 is 0 Å². The van der Waals surface area contributed by atoms with Crippen LogP contribution in [0, 0.1) is 0 Å². The van der Waals surface area contributed by atoms with Crippen molar-refractivity contribution < 1.29 is 0 Å². The summed E-state index contributed by atoms with van der Waals surface area (Å²) in [5.74, 6) is 0. The molecule has 1 heterocycles. The normalized spacial score (nSPS) is 12.4. The fourth-order valence-corrected chi connectivity index (χ4v) is 2.88. The maximum atomic E-state index is 5.91. The molecule has 0 aliphatic heterocycles. The number of rotatable bonds is 5. The van der Waals surface area contributed by atoms with E-state index >= 15 is 0 Å². The smallest absolute Gasteiger partial charge is 0.0519 e. The lowest BCUT2D eigenvalue weighted by Crippen LogP contribution is -2.22. The molecule has 1 aromatic carbocycles. The molecule has 1 aromatic heterocycles. The Balaban J connectivity index is 2.16. The van der Waals surface area contributed by atoms with Crippen LogP contribution < -0.4 is 10.6 Å². The van der Waals surface area contributed by atoms with Crippen molar-refractivity contribution >= 4 is 17.0 Å². The van der Waals surface area contributed by atoms with Crippen molar-refractivity contribution in [3.63, 3.8) is 0 Å². The zero-order chi connectivity index (χ0) is 13.0. The van der Waals surface area contributed by atoms with E-state index in [9.17, 15) is 0 Å². The molecule has 3 heteroatoms. The van der Waals surface area contributed by atoms with Crippen LogP contribution in [0.1, 0.15) is 17.4 Å². The van der Waals surface area contributed by atoms with Crippen molar-refractivity contribution in [2.24, 2.45) is 5.73 Å². The Morgan fingerprint density at radius 3 is 2.67 bits per heavy atom. The van der Waals surface area contributed by atoms with Gasteiger partial charge in [-0.1, -0.05) is 24.3 Å². The van der Waals surface area contributed by atoms with Gasteiger partial charge < -0.3 is 10.6 Å². The van der Waals surface area contributed by atoms with Crippen molar-refractivity contribution in [2.45, 2.75) is 25.9 Å². The van der Waals surface area contributed by atoms with Crippen LogP contribution in [0.25, 0.3) is 0 Å². The third kappa shape index (κ3) is 3.34. The minimum absolute atomic E-state index is 0.196. The number of hydrogen-bond acceptors (Lipinski definition) is 3. The monoisotopic (exact) mass is 260 g/mol. The van der Waals surface area contributed by atoms with Gasteiger partial charge in [0.25, 0.3) is 0 Å². The van der Waals surface area contributed by atoms with E-state index in [2.05, 4.69) is 60.6 Å². The number of anilines is 1. The quantitative estimate of drug-likeness (QED) is 0.894. The third-order valence-electron chi connectivity index (χ3n) is 2.92. The van der Waals surface area contributed by atoms with Crippen LogP contribution >= 0.6 is 11.3 Å². The number of thiophene rings is 1. The van der Waals surface area contributed by atoms with E-state index in [0.717, 1.165) is 13.0 Å². The van der Waals surface area contributed by atoms with Gasteiger partial charge in [-0.15, -0.1) is 11.3 Å². The second-order valence-corrected chi connectivity index (χ2v) is 5.78. The summed E-state index contributed by atoms with van der Waals surface area (Å²) >= 11 is 1.80. The highest BCUT2D eigenvalue weighted by Crippen LogP contribution is 2.23. The SMILES string of the molecule is CC(N)Cc1ccccc1N(C)Cc1cccs1. The summed E-state index contributed by atoms with van der Waals surface area (Å²) in [5.41, 5.74) is 8.52. The fourth-order valence-electron chi connectivity index (χ4n) is 2.12. The highest BCUT2D eigenvalue weighted by Gasteiger charge is 2.09. The second kappa shape index (κ2) is 6.03. The van der Waals surface area contributed by atoms with Gasteiger partial charge in [0.1, 0.15) is 0 Å². The van der Waals surface area contributed by atoms with E-state index in [1.54, 1.807) is 11.3 Å². The van der Waals surface area contributed by atoms with Crippen LogP contribution in [0.4, 0.5) is 5.69 Å². The predicted molar refractivity (Wildman–Crippen MR) is 80.2 cm³/mol. The van der Waals surface area contributed by atoms with Gasteiger partial charge in [0.2, 0.25) is 0 Å². The van der Waals surface area contributed by atoms with Crippen molar-refractivity contribution in [2.75, 3.05) is 11.9 Å². The van der Waals surface area contributed by atoms with Crippen LogP contribution in [0.3, 0.4) is 0 Å². The van der Waals surface area contributed by atoms with Gasteiger partial charge in [-0.25, -0.2) is 0 Å². The molecule has 2 N–H and O–H groups in total. The van der Waals surface area contributed by atoms with Gasteiger partial charge in [0.05, 0.1) is 6.54 Å². The molecule has 1 atom stereocenters. The Kier molecular flexibility index (Phi) is 4.39. The fraction of sp³-hybridized carbons (Fsp3) is 0.333. The molecule has 0 saturated carbocycles. The average Bonchev–Trinajstić information content (AvgIpc) is 2.81. The molecule has 0 amide bonds. The zero-order valence-electron chi connectivity index (χ0n) is 11.0. The van der Waals surface area contributed by atoms with Crippen LogP contribution in [0.15, 0.2) is 41.8 Å². The molecular formula is C15H20N2S. The molecule has 2 rings (SSSR count). The van der Waals surface area contributed by atoms with Gasteiger partial charge in [0, 0.05) is 23.7 Å². The molecule has 2 nitrogen and oxygen atoms in total. The number of benzene rings is 1. The van der Waals surface area contributed by atoms with Crippen LogP contribution in [0.5, 0.6) is 0 Å². The molecule has 0 fully saturated rings. The van der Waals surface area contributed by atoms with Crippen LogP contribution in [-0.2, 0) is 13.0 Å². The third-order valence-corrected chi connectivity index (χ3v) is 3.78. The Labute approximate surface area is 113 Å². The molecule has 0 aliphatic carbocycles. The van der Waals surface area contributed by atoms with Crippen LogP contribution in [0.2, 0.25) is 0 Å². The Morgan fingerprint density at radius 1 is 1.22 bits per heavy atom. The highest BCUT2D eigenvalue weighted by molar-refractivity contribution is 7.09. The Morgan fingerprint density at radius 2 is 2.00 bits per heavy atom. The summed E-state index contributed by atoms with van der Waals surface area (Å²) in [6, 6.07) is 13.0. The van der Waals surface area contributed by atoms with Gasteiger partial charge in [0.15, 0.2) is 0 Å². The summed E-state index contributed by atoms with van der Waals surface area (Å²) in [7, 11) is 2.14. The van der Waals surface area contributed by atoms with E-state index < -0.39 is 0 Å². The Bertz CT molecular complexity index is 477. The lowest BCUT2D eigenvalue weighted by Gasteiger charge is -2.22. The maximum absolute atomic E-state index is 5.91. The van der Waals surface area contributed by atoms with Crippen molar-refractivity contribution in [1.82, 2.24) is 0 Å². The standard InChI is InChI=1S/C15H20N2S/c1-12(16)10-13-6-3-4-8-15(13)17(2)11-14-7-5-9-18-14/h3-9,12H,10-11,16H2,1-2H3. The van der Waals surface area contributed by atoms with E-state index in [1.807, 2.05) is 0 Å². The molecule has 1 unspecified atom stereocenters. The van der Waals surface area contributed by atoms with Crippen molar-refractivity contribution in [3.05, 3.63) is 52.2 Å². The number of nitrogens with two attached hydrogens (primary N) is 1. The summed E-state index contributed by atoms with van der Waals surface area (Å²) in [6.45, 7) is 3.00. The van der Waals surface area contributed by atoms with Gasteiger partial charge in [-0.05, 0) is 36.4 Å². The summed E-state index contributed by atoms with van der Waals surface area (Å²) < 4.78 is 0. The Hall–Kier alpha value is -1.32. The molecule has 2 aromatic rings. The molecule has 0 bridgehead atoms. The first-order valence-electron chi connectivity index (χ1n) is 6.24. The zero-order valence-corrected chi connectivity index (χ0v) is 11.8. The lowest BCUT2D eigenvalue weighted by atomic mass is 10.0. The largest absolute Gasteiger partial charge is 0.369 e. The highest BCUT2D eigenvalue weighted by atomic mass is 32.1. The first-order chi connectivity index (χ1) is 8.66. The second-order valence-electron chi connectivity index (χ2n) is 4.75. The van der Waals surface area contributed by atoms with E-state index in [4.69, 9.17) is 5.73 Å². The summed E-state index contributed by atoms with van der Waals surface area (Å²) in [6.07, 6.45) is 0.922. The number of para-hydroxylation sites is 1. The average molecular weight is 260 g/mol. The number of nitrogens with zero attached hydrogens (tertiary/aromatic N) is 1. The summed E-state index contributed by atoms with van der Waals surface area (Å²) in [5, 5.41) is 2.12.